The van der Waals surface area contributed by atoms with Crippen molar-refractivity contribution in [1.82, 2.24) is 4.90 Å². The van der Waals surface area contributed by atoms with Gasteiger partial charge >= 0.3 is 5.97 Å². The van der Waals surface area contributed by atoms with Crippen molar-refractivity contribution in [3.8, 4) is 5.75 Å². The van der Waals surface area contributed by atoms with E-state index in [9.17, 15) is 19.8 Å². The molecule has 0 aromatic heterocycles. The third kappa shape index (κ3) is 3.35. The van der Waals surface area contributed by atoms with Crippen LogP contribution in [0.3, 0.4) is 0 Å². The van der Waals surface area contributed by atoms with Crippen molar-refractivity contribution >= 4 is 11.9 Å². The highest BCUT2D eigenvalue weighted by molar-refractivity contribution is 5.82. The lowest BCUT2D eigenvalue weighted by molar-refractivity contribution is -0.149. The van der Waals surface area contributed by atoms with Crippen LogP contribution < -0.4 is 0 Å². The summed E-state index contributed by atoms with van der Waals surface area (Å²) in [6.45, 7) is 2.74. The average molecular weight is 291 g/mol. The lowest BCUT2D eigenvalue weighted by atomic mass is 9.83. The molecule has 1 atom stereocenters. The van der Waals surface area contributed by atoms with Gasteiger partial charge < -0.3 is 15.1 Å². The first-order chi connectivity index (χ1) is 9.97. The van der Waals surface area contributed by atoms with Crippen LogP contribution in [0.25, 0.3) is 0 Å². The van der Waals surface area contributed by atoms with Crippen molar-refractivity contribution < 1.29 is 19.8 Å². The molecule has 5 heteroatoms. The highest BCUT2D eigenvalue weighted by Gasteiger charge is 2.45. The fraction of sp³-hybridized carbons (Fsp3) is 0.500. The van der Waals surface area contributed by atoms with E-state index < -0.39 is 11.4 Å². The van der Waals surface area contributed by atoms with Crippen LogP contribution in [0.1, 0.15) is 31.7 Å². The van der Waals surface area contributed by atoms with Crippen molar-refractivity contribution in [2.45, 2.75) is 32.6 Å². The molecule has 2 rings (SSSR count). The molecule has 0 radical (unpaired) electrons. The van der Waals surface area contributed by atoms with E-state index in [-0.39, 0.29) is 24.6 Å². The number of aromatic hydroxyl groups is 1. The van der Waals surface area contributed by atoms with E-state index >= 15 is 0 Å². The van der Waals surface area contributed by atoms with Gasteiger partial charge in [0, 0.05) is 13.1 Å². The summed E-state index contributed by atoms with van der Waals surface area (Å²) in [5.41, 5.74) is -0.0493. The summed E-state index contributed by atoms with van der Waals surface area (Å²) in [5, 5.41) is 18.9. The number of phenols is 1. The number of carboxylic acid groups (broad SMARTS) is 1. The van der Waals surface area contributed by atoms with Crippen LogP contribution in [-0.2, 0) is 16.0 Å². The maximum atomic E-state index is 12.3. The van der Waals surface area contributed by atoms with Crippen molar-refractivity contribution in [2.24, 2.45) is 5.41 Å². The molecule has 21 heavy (non-hydrogen) atoms. The van der Waals surface area contributed by atoms with Crippen LogP contribution in [0.5, 0.6) is 5.75 Å². The van der Waals surface area contributed by atoms with Crippen LogP contribution in [0, 0.1) is 5.41 Å². The lowest BCUT2D eigenvalue weighted by Crippen LogP contribution is -2.37. The SMILES string of the molecule is CCCC1(C(=O)O)CCN(C(=O)Cc2cccc(O)c2)C1. The third-order valence-corrected chi connectivity index (χ3v) is 4.15. The second-order valence-electron chi connectivity index (χ2n) is 5.75. The normalized spacial score (nSPS) is 21.5. The van der Waals surface area contributed by atoms with Gasteiger partial charge in [-0.1, -0.05) is 25.5 Å². The molecule has 1 aliphatic heterocycles. The number of phenolic OH excluding ortho intramolecular Hbond substituents is 1. The molecule has 1 aliphatic rings. The van der Waals surface area contributed by atoms with Gasteiger partial charge in [-0.25, -0.2) is 0 Å². The minimum Gasteiger partial charge on any atom is -0.508 e. The lowest BCUT2D eigenvalue weighted by Gasteiger charge is -2.24. The first kappa shape index (κ1) is 15.4. The van der Waals surface area contributed by atoms with E-state index in [4.69, 9.17) is 0 Å². The number of hydrogen-bond donors (Lipinski definition) is 2. The monoisotopic (exact) mass is 291 g/mol. The van der Waals surface area contributed by atoms with E-state index in [1.54, 1.807) is 29.2 Å². The van der Waals surface area contributed by atoms with E-state index in [1.165, 1.54) is 0 Å². The minimum atomic E-state index is -0.808. The molecule has 2 N–H and O–H groups in total. The Balaban J connectivity index is 2.03. The maximum Gasteiger partial charge on any atom is 0.311 e. The predicted octanol–water partition coefficient (Wildman–Crippen LogP) is 2.04. The van der Waals surface area contributed by atoms with Gasteiger partial charge in [0.15, 0.2) is 0 Å². The molecule has 5 nitrogen and oxygen atoms in total. The van der Waals surface area contributed by atoms with Crippen molar-refractivity contribution in [1.29, 1.82) is 0 Å². The molecule has 0 spiro atoms. The molecule has 1 aromatic carbocycles. The second-order valence-corrected chi connectivity index (χ2v) is 5.75. The Hall–Kier alpha value is -2.04. The maximum absolute atomic E-state index is 12.3. The molecule has 1 heterocycles. The molecule has 1 unspecified atom stereocenters. The van der Waals surface area contributed by atoms with Crippen molar-refractivity contribution in [3.63, 3.8) is 0 Å². The molecule has 0 aliphatic carbocycles. The summed E-state index contributed by atoms with van der Waals surface area (Å²) in [5.74, 6) is -0.760. The first-order valence-electron chi connectivity index (χ1n) is 7.26. The number of amides is 1. The third-order valence-electron chi connectivity index (χ3n) is 4.15. The molecular formula is C16H21NO4. The number of hydrogen-bond acceptors (Lipinski definition) is 3. The molecule has 1 fully saturated rings. The van der Waals surface area contributed by atoms with E-state index in [0.717, 1.165) is 12.0 Å². The fourth-order valence-corrected chi connectivity index (χ4v) is 3.00. The Kier molecular flexibility index (Phi) is 4.50. The zero-order valence-electron chi connectivity index (χ0n) is 12.2. The largest absolute Gasteiger partial charge is 0.508 e. The van der Waals surface area contributed by atoms with E-state index in [2.05, 4.69) is 0 Å². The Morgan fingerprint density at radius 2 is 2.14 bits per heavy atom. The fourth-order valence-electron chi connectivity index (χ4n) is 3.00. The Morgan fingerprint density at radius 3 is 2.76 bits per heavy atom. The Labute approximate surface area is 124 Å². The topological polar surface area (TPSA) is 77.8 Å². The van der Waals surface area contributed by atoms with Crippen LogP contribution >= 0.6 is 0 Å². The van der Waals surface area contributed by atoms with Gasteiger partial charge in [0.1, 0.15) is 5.75 Å². The summed E-state index contributed by atoms with van der Waals surface area (Å²) in [6.07, 6.45) is 2.09. The minimum absolute atomic E-state index is 0.0835. The Bertz CT molecular complexity index is 543. The molecule has 1 saturated heterocycles. The quantitative estimate of drug-likeness (QED) is 0.870. The summed E-state index contributed by atoms with van der Waals surface area (Å²) < 4.78 is 0. The predicted molar refractivity (Wildman–Crippen MR) is 78.0 cm³/mol. The van der Waals surface area contributed by atoms with E-state index in [1.807, 2.05) is 6.92 Å². The number of likely N-dealkylation sites (tertiary alicyclic amines) is 1. The second kappa shape index (κ2) is 6.16. The van der Waals surface area contributed by atoms with Crippen molar-refractivity contribution in [2.75, 3.05) is 13.1 Å². The molecule has 114 valence electrons. The summed E-state index contributed by atoms with van der Waals surface area (Å²) in [4.78, 5) is 25.4. The average Bonchev–Trinajstić information content (AvgIpc) is 2.85. The van der Waals surface area contributed by atoms with E-state index in [0.29, 0.717) is 19.4 Å². The van der Waals surface area contributed by atoms with Crippen LogP contribution in [0.4, 0.5) is 0 Å². The van der Waals surface area contributed by atoms with Gasteiger partial charge in [0.05, 0.1) is 11.8 Å². The van der Waals surface area contributed by atoms with Gasteiger partial charge in [-0.3, -0.25) is 9.59 Å². The van der Waals surface area contributed by atoms with Gasteiger partial charge in [0.2, 0.25) is 5.91 Å². The van der Waals surface area contributed by atoms with Crippen LogP contribution in [0.2, 0.25) is 0 Å². The first-order valence-corrected chi connectivity index (χ1v) is 7.26. The summed E-state index contributed by atoms with van der Waals surface area (Å²) in [6, 6.07) is 6.59. The number of nitrogens with zero attached hydrogens (tertiary/aromatic N) is 1. The summed E-state index contributed by atoms with van der Waals surface area (Å²) >= 11 is 0. The highest BCUT2D eigenvalue weighted by atomic mass is 16.4. The number of carboxylic acids is 1. The molecule has 0 saturated carbocycles. The number of rotatable bonds is 5. The van der Waals surface area contributed by atoms with Crippen LogP contribution in [0.15, 0.2) is 24.3 Å². The molecule has 0 bridgehead atoms. The van der Waals surface area contributed by atoms with Gasteiger partial charge in [0.25, 0.3) is 0 Å². The zero-order valence-corrected chi connectivity index (χ0v) is 12.2. The highest BCUT2D eigenvalue weighted by Crippen LogP contribution is 2.35. The van der Waals surface area contributed by atoms with Gasteiger partial charge in [-0.15, -0.1) is 0 Å². The number of carbonyl (C=O) groups excluding carboxylic acids is 1. The van der Waals surface area contributed by atoms with Gasteiger partial charge in [-0.05, 0) is 30.5 Å². The van der Waals surface area contributed by atoms with Crippen molar-refractivity contribution in [3.05, 3.63) is 29.8 Å². The van der Waals surface area contributed by atoms with Crippen LogP contribution in [-0.4, -0.2) is 40.1 Å². The zero-order chi connectivity index (χ0) is 15.5. The molecule has 1 amide bonds. The number of carbonyl (C=O) groups is 2. The standard InChI is InChI=1S/C16H21NO4/c1-2-6-16(15(20)21)7-8-17(11-16)14(19)10-12-4-3-5-13(18)9-12/h3-5,9,18H,2,6-8,10-11H2,1H3,(H,20,21). The number of aliphatic carboxylic acids is 1. The summed E-state index contributed by atoms with van der Waals surface area (Å²) in [7, 11) is 0. The number of benzene rings is 1. The van der Waals surface area contributed by atoms with Gasteiger partial charge in [-0.2, -0.15) is 0 Å². The Morgan fingerprint density at radius 1 is 1.38 bits per heavy atom. The smallest absolute Gasteiger partial charge is 0.311 e. The molecule has 1 aromatic rings. The molecular weight excluding hydrogens is 270 g/mol.